The molecule has 1 heterocycles. The van der Waals surface area contributed by atoms with Crippen LogP contribution in [0.15, 0.2) is 18.2 Å². The normalized spacial score (nSPS) is 23.2. The van der Waals surface area contributed by atoms with Crippen LogP contribution in [0.5, 0.6) is 0 Å². The van der Waals surface area contributed by atoms with Crippen molar-refractivity contribution >= 4 is 28.8 Å². The van der Waals surface area contributed by atoms with E-state index < -0.39 is 0 Å². The molecule has 0 aromatic heterocycles. The summed E-state index contributed by atoms with van der Waals surface area (Å²) in [7, 11) is 0. The molecule has 0 spiro atoms. The van der Waals surface area contributed by atoms with Crippen molar-refractivity contribution in [1.82, 2.24) is 0 Å². The minimum Gasteiger partial charge on any atom is -0.364 e. The number of thioether (sulfide) groups is 1. The summed E-state index contributed by atoms with van der Waals surface area (Å²) in [6, 6.07) is 5.19. The van der Waals surface area contributed by atoms with E-state index in [0.717, 1.165) is 13.1 Å². The fourth-order valence-corrected chi connectivity index (χ4v) is 3.79. The number of nitrogens with two attached hydrogens (primary N) is 1. The third kappa shape index (κ3) is 2.93. The zero-order valence-electron chi connectivity index (χ0n) is 11.0. The molecule has 6 nitrogen and oxygen atoms in total. The van der Waals surface area contributed by atoms with Gasteiger partial charge in [0.15, 0.2) is 0 Å². The number of hydrazine groups is 1. The smallest absolute Gasteiger partial charge is 0.316 e. The maximum absolute atomic E-state index is 11.3. The van der Waals surface area contributed by atoms with Gasteiger partial charge in [-0.25, -0.2) is 0 Å². The molecule has 1 aliphatic heterocycles. The molecule has 0 amide bonds. The number of nitro benzene ring substituents is 1. The molecule has 19 heavy (non-hydrogen) atoms. The summed E-state index contributed by atoms with van der Waals surface area (Å²) >= 11 is 1.91. The lowest BCUT2D eigenvalue weighted by molar-refractivity contribution is -0.383. The van der Waals surface area contributed by atoms with E-state index in [-0.39, 0.29) is 10.6 Å². The van der Waals surface area contributed by atoms with Crippen LogP contribution >= 0.6 is 11.8 Å². The van der Waals surface area contributed by atoms with Gasteiger partial charge >= 0.3 is 5.69 Å². The molecular formula is C12H18N4O2S. The molecule has 1 fully saturated rings. The van der Waals surface area contributed by atoms with Gasteiger partial charge < -0.3 is 10.3 Å². The number of hydrogen-bond donors (Lipinski definition) is 2. The van der Waals surface area contributed by atoms with Crippen LogP contribution in [-0.2, 0) is 0 Å². The van der Waals surface area contributed by atoms with Gasteiger partial charge in [0.25, 0.3) is 0 Å². The number of anilines is 2. The lowest BCUT2D eigenvalue weighted by Crippen LogP contribution is -2.40. The third-order valence-corrected chi connectivity index (χ3v) is 4.34. The van der Waals surface area contributed by atoms with E-state index in [2.05, 4.69) is 24.2 Å². The molecular weight excluding hydrogens is 264 g/mol. The van der Waals surface area contributed by atoms with Crippen LogP contribution in [0, 0.1) is 10.1 Å². The molecule has 1 aromatic carbocycles. The Hall–Kier alpha value is -1.47. The van der Waals surface area contributed by atoms with Crippen molar-refractivity contribution in [1.29, 1.82) is 0 Å². The zero-order chi connectivity index (χ0) is 14.0. The van der Waals surface area contributed by atoms with Crippen LogP contribution < -0.4 is 16.2 Å². The van der Waals surface area contributed by atoms with Gasteiger partial charge in [0.05, 0.1) is 4.92 Å². The van der Waals surface area contributed by atoms with E-state index in [1.807, 2.05) is 11.8 Å². The van der Waals surface area contributed by atoms with Crippen LogP contribution in [0.2, 0.25) is 0 Å². The van der Waals surface area contributed by atoms with Crippen molar-refractivity contribution in [3.05, 3.63) is 28.3 Å². The Morgan fingerprint density at radius 3 is 2.58 bits per heavy atom. The molecule has 0 radical (unpaired) electrons. The molecule has 0 saturated carbocycles. The van der Waals surface area contributed by atoms with Crippen molar-refractivity contribution in [2.45, 2.75) is 24.3 Å². The van der Waals surface area contributed by atoms with Crippen LogP contribution in [0.25, 0.3) is 0 Å². The first kappa shape index (κ1) is 14.0. The Bertz CT molecular complexity index is 473. The number of nitrogen functional groups attached to an aromatic ring is 1. The summed E-state index contributed by atoms with van der Waals surface area (Å²) in [6.45, 7) is 5.90. The quantitative estimate of drug-likeness (QED) is 0.502. The molecule has 2 atom stereocenters. The predicted molar refractivity (Wildman–Crippen MR) is 79.6 cm³/mol. The van der Waals surface area contributed by atoms with E-state index in [1.54, 1.807) is 18.2 Å². The number of rotatable bonds is 3. The standard InChI is InChI=1S/C12H18N4O2S/c1-8-6-15(7-9(2)19-8)11-5-3-4-10(14-13)12(11)16(17)18/h3-5,8-9,14H,6-7,13H2,1-2H3. The topological polar surface area (TPSA) is 84.4 Å². The predicted octanol–water partition coefficient (Wildman–Crippen LogP) is 2.21. The van der Waals surface area contributed by atoms with Crippen molar-refractivity contribution in [3.63, 3.8) is 0 Å². The maximum atomic E-state index is 11.3. The Morgan fingerprint density at radius 1 is 1.42 bits per heavy atom. The van der Waals surface area contributed by atoms with E-state index in [0.29, 0.717) is 21.9 Å². The van der Waals surface area contributed by atoms with Crippen molar-refractivity contribution in [3.8, 4) is 0 Å². The van der Waals surface area contributed by atoms with E-state index in [1.165, 1.54) is 0 Å². The van der Waals surface area contributed by atoms with Crippen molar-refractivity contribution < 1.29 is 4.92 Å². The number of benzene rings is 1. The van der Waals surface area contributed by atoms with Gasteiger partial charge in [-0.1, -0.05) is 19.9 Å². The second kappa shape index (κ2) is 5.66. The average Bonchev–Trinajstić information content (AvgIpc) is 2.36. The largest absolute Gasteiger partial charge is 0.364 e. The van der Waals surface area contributed by atoms with Gasteiger partial charge in [0.2, 0.25) is 0 Å². The minimum absolute atomic E-state index is 0.0521. The van der Waals surface area contributed by atoms with Crippen LogP contribution in [0.1, 0.15) is 13.8 Å². The highest BCUT2D eigenvalue weighted by molar-refractivity contribution is 8.00. The van der Waals surface area contributed by atoms with Gasteiger partial charge in [-0.05, 0) is 12.1 Å². The third-order valence-electron chi connectivity index (χ3n) is 3.11. The molecule has 0 bridgehead atoms. The van der Waals surface area contributed by atoms with E-state index in [9.17, 15) is 10.1 Å². The van der Waals surface area contributed by atoms with Gasteiger partial charge in [0.1, 0.15) is 11.4 Å². The van der Waals surface area contributed by atoms with Crippen molar-refractivity contribution in [2.75, 3.05) is 23.4 Å². The molecule has 7 heteroatoms. The zero-order valence-corrected chi connectivity index (χ0v) is 11.8. The number of nitro groups is 1. The summed E-state index contributed by atoms with van der Waals surface area (Å²) < 4.78 is 0. The first-order chi connectivity index (χ1) is 9.02. The Morgan fingerprint density at radius 2 is 2.05 bits per heavy atom. The molecule has 3 N–H and O–H groups in total. The SMILES string of the molecule is CC1CN(c2cccc(NN)c2[N+](=O)[O-])CC(C)S1. The van der Waals surface area contributed by atoms with E-state index >= 15 is 0 Å². The molecule has 1 aromatic rings. The highest BCUT2D eigenvalue weighted by Crippen LogP contribution is 2.38. The van der Waals surface area contributed by atoms with Gasteiger partial charge in [0, 0.05) is 23.6 Å². The highest BCUT2D eigenvalue weighted by Gasteiger charge is 2.29. The summed E-state index contributed by atoms with van der Waals surface area (Å²) in [4.78, 5) is 13.0. The van der Waals surface area contributed by atoms with Gasteiger partial charge in [-0.2, -0.15) is 11.8 Å². The number of nitrogens with one attached hydrogen (secondary N) is 1. The highest BCUT2D eigenvalue weighted by atomic mass is 32.2. The fourth-order valence-electron chi connectivity index (χ4n) is 2.47. The Labute approximate surface area is 116 Å². The second-order valence-corrected chi connectivity index (χ2v) is 6.62. The minimum atomic E-state index is -0.373. The van der Waals surface area contributed by atoms with Crippen LogP contribution in [-0.4, -0.2) is 28.5 Å². The summed E-state index contributed by atoms with van der Waals surface area (Å²) in [5.74, 6) is 5.36. The van der Waals surface area contributed by atoms with Crippen LogP contribution in [0.3, 0.4) is 0 Å². The second-order valence-electron chi connectivity index (χ2n) is 4.74. The lowest BCUT2D eigenvalue weighted by atomic mass is 10.2. The average molecular weight is 282 g/mol. The van der Waals surface area contributed by atoms with Gasteiger partial charge in [-0.3, -0.25) is 16.0 Å². The summed E-state index contributed by atoms with van der Waals surface area (Å²) in [6.07, 6.45) is 0. The first-order valence-electron chi connectivity index (χ1n) is 6.17. The molecule has 2 rings (SSSR count). The molecule has 2 unspecified atom stereocenters. The monoisotopic (exact) mass is 282 g/mol. The summed E-state index contributed by atoms with van der Waals surface area (Å²) in [5.41, 5.74) is 3.44. The molecule has 104 valence electrons. The molecule has 0 aliphatic carbocycles. The maximum Gasteiger partial charge on any atom is 0.316 e. The number of nitrogens with zero attached hydrogens (tertiary/aromatic N) is 2. The number of para-hydroxylation sites is 1. The van der Waals surface area contributed by atoms with Crippen molar-refractivity contribution in [2.24, 2.45) is 5.84 Å². The van der Waals surface area contributed by atoms with Gasteiger partial charge in [-0.15, -0.1) is 0 Å². The Kier molecular flexibility index (Phi) is 4.16. The molecule has 1 aliphatic rings. The van der Waals surface area contributed by atoms with E-state index in [4.69, 9.17) is 5.84 Å². The summed E-state index contributed by atoms with van der Waals surface area (Å²) in [5, 5.41) is 12.2. The first-order valence-corrected chi connectivity index (χ1v) is 7.11. The lowest BCUT2D eigenvalue weighted by Gasteiger charge is -2.36. The van der Waals surface area contributed by atoms with Crippen LogP contribution in [0.4, 0.5) is 17.1 Å². The number of hydrogen-bond acceptors (Lipinski definition) is 6. The molecule has 1 saturated heterocycles. The Balaban J connectivity index is 2.41. The fraction of sp³-hybridized carbons (Fsp3) is 0.500.